The van der Waals surface area contributed by atoms with Gasteiger partial charge in [0.05, 0.1) is 27.4 Å². The quantitative estimate of drug-likeness (QED) is 0.897. The number of carbonyl (C=O) groups is 1. The monoisotopic (exact) mass is 257 g/mol. The van der Waals surface area contributed by atoms with Crippen LogP contribution in [0.4, 0.5) is 0 Å². The first-order chi connectivity index (χ1) is 7.61. The van der Waals surface area contributed by atoms with E-state index in [0.29, 0.717) is 16.3 Å². The lowest BCUT2D eigenvalue weighted by atomic mass is 10.1. The van der Waals surface area contributed by atoms with Crippen molar-refractivity contribution < 1.29 is 14.4 Å². The highest BCUT2D eigenvalue weighted by molar-refractivity contribution is 6.40. The molecule has 2 rings (SSSR count). The average Bonchev–Trinajstić information content (AvgIpc) is 2.70. The molecule has 0 spiro atoms. The first-order valence-electron chi connectivity index (χ1n) is 4.23. The summed E-state index contributed by atoms with van der Waals surface area (Å²) in [5.74, 6) is -0.791. The van der Waals surface area contributed by atoms with Crippen molar-refractivity contribution in [2.75, 3.05) is 0 Å². The summed E-state index contributed by atoms with van der Waals surface area (Å²) < 4.78 is 4.90. The van der Waals surface area contributed by atoms with Crippen molar-refractivity contribution >= 4 is 29.2 Å². The highest BCUT2D eigenvalue weighted by atomic mass is 35.5. The molecule has 0 aliphatic rings. The molecule has 0 unspecified atom stereocenters. The number of hydrogen-bond donors (Lipinski definition) is 1. The Morgan fingerprint density at radius 3 is 2.62 bits per heavy atom. The normalized spacial score (nSPS) is 10.4. The van der Waals surface area contributed by atoms with Crippen LogP contribution in [0.15, 0.2) is 28.9 Å². The van der Waals surface area contributed by atoms with Gasteiger partial charge in [0.15, 0.2) is 5.76 Å². The molecule has 1 N–H and O–H groups in total. The lowest BCUT2D eigenvalue weighted by molar-refractivity contribution is 0.0697. The second-order valence-corrected chi connectivity index (χ2v) is 3.75. The van der Waals surface area contributed by atoms with E-state index in [2.05, 4.69) is 5.16 Å². The summed E-state index contributed by atoms with van der Waals surface area (Å²) in [6, 6.07) is 4.35. The van der Waals surface area contributed by atoms with E-state index in [1.165, 1.54) is 18.3 Å². The Morgan fingerprint density at radius 1 is 1.31 bits per heavy atom. The summed E-state index contributed by atoms with van der Waals surface area (Å²) in [5.41, 5.74) is 0.304. The van der Waals surface area contributed by atoms with E-state index in [9.17, 15) is 4.79 Å². The van der Waals surface area contributed by atoms with Gasteiger partial charge in [0.2, 0.25) is 0 Å². The summed E-state index contributed by atoms with van der Waals surface area (Å²) in [5, 5.41) is 12.8. The van der Waals surface area contributed by atoms with Crippen molar-refractivity contribution in [3.05, 3.63) is 40.0 Å². The van der Waals surface area contributed by atoms with Crippen molar-refractivity contribution in [3.8, 4) is 11.3 Å². The third kappa shape index (κ3) is 1.77. The molecular formula is C10H5Cl2NO3. The minimum absolute atomic E-state index is 0.0301. The second kappa shape index (κ2) is 4.15. The van der Waals surface area contributed by atoms with E-state index in [4.69, 9.17) is 32.8 Å². The van der Waals surface area contributed by atoms with Crippen LogP contribution < -0.4 is 0 Å². The highest BCUT2D eigenvalue weighted by Gasteiger charge is 2.18. The van der Waals surface area contributed by atoms with Crippen LogP contribution in [0.1, 0.15) is 10.4 Å². The van der Waals surface area contributed by atoms with Crippen LogP contribution in [-0.2, 0) is 0 Å². The van der Waals surface area contributed by atoms with E-state index in [-0.39, 0.29) is 10.6 Å². The van der Waals surface area contributed by atoms with Crippen LogP contribution in [0, 0.1) is 0 Å². The third-order valence-corrected chi connectivity index (χ3v) is 2.71. The fourth-order valence-corrected chi connectivity index (χ4v) is 1.93. The second-order valence-electron chi connectivity index (χ2n) is 2.97. The average molecular weight is 258 g/mol. The Morgan fingerprint density at radius 2 is 2.06 bits per heavy atom. The van der Waals surface area contributed by atoms with Gasteiger partial charge in [-0.2, -0.15) is 0 Å². The topological polar surface area (TPSA) is 63.3 Å². The Kier molecular flexibility index (Phi) is 2.85. The van der Waals surface area contributed by atoms with Gasteiger partial charge in [-0.05, 0) is 12.1 Å². The van der Waals surface area contributed by atoms with Gasteiger partial charge in [0.1, 0.15) is 0 Å². The molecule has 0 atom stereocenters. The summed E-state index contributed by atoms with van der Waals surface area (Å²) in [7, 11) is 0. The minimum Gasteiger partial charge on any atom is -0.478 e. The summed E-state index contributed by atoms with van der Waals surface area (Å²) in [6.45, 7) is 0. The summed E-state index contributed by atoms with van der Waals surface area (Å²) in [4.78, 5) is 10.9. The van der Waals surface area contributed by atoms with Crippen LogP contribution >= 0.6 is 23.2 Å². The first kappa shape index (κ1) is 11.0. The van der Waals surface area contributed by atoms with Gasteiger partial charge in [-0.1, -0.05) is 28.4 Å². The standard InChI is InChI=1S/C10H5Cl2NO3/c11-6-2-1-5(10(14)15)9(12)8(6)7-3-4-13-16-7/h1-4H,(H,14,15). The maximum absolute atomic E-state index is 10.9. The molecule has 0 amide bonds. The predicted molar refractivity (Wildman–Crippen MR) is 58.9 cm³/mol. The maximum atomic E-state index is 10.9. The van der Waals surface area contributed by atoms with E-state index >= 15 is 0 Å². The molecule has 0 aliphatic carbocycles. The molecule has 0 aliphatic heterocycles. The molecule has 2 aromatic rings. The predicted octanol–water partition coefficient (Wildman–Crippen LogP) is 3.35. The van der Waals surface area contributed by atoms with Gasteiger partial charge >= 0.3 is 5.97 Å². The molecule has 0 saturated carbocycles. The molecule has 0 radical (unpaired) electrons. The van der Waals surface area contributed by atoms with E-state index in [0.717, 1.165) is 0 Å². The SMILES string of the molecule is O=C(O)c1ccc(Cl)c(-c2ccno2)c1Cl. The fraction of sp³-hybridized carbons (Fsp3) is 0. The van der Waals surface area contributed by atoms with Crippen molar-refractivity contribution in [3.63, 3.8) is 0 Å². The van der Waals surface area contributed by atoms with Gasteiger partial charge in [-0.15, -0.1) is 0 Å². The van der Waals surface area contributed by atoms with Crippen molar-refractivity contribution in [2.45, 2.75) is 0 Å². The van der Waals surface area contributed by atoms with Gasteiger partial charge < -0.3 is 9.63 Å². The number of carboxylic acids is 1. The highest BCUT2D eigenvalue weighted by Crippen LogP contribution is 2.36. The smallest absolute Gasteiger partial charge is 0.337 e. The minimum atomic E-state index is -1.12. The fourth-order valence-electron chi connectivity index (χ4n) is 1.29. The zero-order chi connectivity index (χ0) is 11.7. The number of rotatable bonds is 2. The van der Waals surface area contributed by atoms with Crippen LogP contribution in [0.2, 0.25) is 10.0 Å². The number of aromatic nitrogens is 1. The molecule has 1 heterocycles. The molecule has 1 aromatic heterocycles. The van der Waals surface area contributed by atoms with Crippen LogP contribution in [-0.4, -0.2) is 16.2 Å². The summed E-state index contributed by atoms with van der Waals surface area (Å²) >= 11 is 11.9. The number of hydrogen-bond acceptors (Lipinski definition) is 3. The van der Waals surface area contributed by atoms with Crippen molar-refractivity contribution in [1.29, 1.82) is 0 Å². The van der Waals surface area contributed by atoms with Gasteiger partial charge in [-0.3, -0.25) is 0 Å². The Labute approximate surface area is 100 Å². The lowest BCUT2D eigenvalue weighted by Gasteiger charge is -2.05. The van der Waals surface area contributed by atoms with E-state index < -0.39 is 5.97 Å². The zero-order valence-electron chi connectivity index (χ0n) is 7.78. The Hall–Kier alpha value is -1.52. The number of aromatic carboxylic acids is 1. The first-order valence-corrected chi connectivity index (χ1v) is 4.99. The molecular weight excluding hydrogens is 253 g/mol. The van der Waals surface area contributed by atoms with Crippen LogP contribution in [0.3, 0.4) is 0 Å². The number of halogens is 2. The molecule has 0 bridgehead atoms. The van der Waals surface area contributed by atoms with Crippen molar-refractivity contribution in [1.82, 2.24) is 5.16 Å². The Bertz CT molecular complexity index is 537. The maximum Gasteiger partial charge on any atom is 0.337 e. The van der Waals surface area contributed by atoms with Crippen molar-refractivity contribution in [2.24, 2.45) is 0 Å². The van der Waals surface area contributed by atoms with Gasteiger partial charge in [-0.25, -0.2) is 4.79 Å². The van der Waals surface area contributed by atoms with Gasteiger partial charge in [0.25, 0.3) is 0 Å². The zero-order valence-corrected chi connectivity index (χ0v) is 9.29. The molecule has 0 fully saturated rings. The van der Waals surface area contributed by atoms with E-state index in [1.807, 2.05) is 0 Å². The molecule has 82 valence electrons. The number of carboxylic acid groups (broad SMARTS) is 1. The number of nitrogens with zero attached hydrogens (tertiary/aromatic N) is 1. The summed E-state index contributed by atoms with van der Waals surface area (Å²) in [6.07, 6.45) is 1.43. The number of benzene rings is 1. The molecule has 0 saturated heterocycles. The molecule has 1 aromatic carbocycles. The Balaban J connectivity index is 2.69. The third-order valence-electron chi connectivity index (χ3n) is 2.01. The van der Waals surface area contributed by atoms with Crippen LogP contribution in [0.25, 0.3) is 11.3 Å². The van der Waals surface area contributed by atoms with E-state index in [1.54, 1.807) is 6.07 Å². The molecule has 4 nitrogen and oxygen atoms in total. The van der Waals surface area contributed by atoms with Crippen LogP contribution in [0.5, 0.6) is 0 Å². The van der Waals surface area contributed by atoms with Gasteiger partial charge in [0, 0.05) is 6.07 Å². The largest absolute Gasteiger partial charge is 0.478 e. The molecule has 6 heteroatoms. The molecule has 16 heavy (non-hydrogen) atoms. The lowest BCUT2D eigenvalue weighted by Crippen LogP contribution is -1.98.